The van der Waals surface area contributed by atoms with Crippen LogP contribution in [0.3, 0.4) is 0 Å². The van der Waals surface area contributed by atoms with Crippen LogP contribution in [0.5, 0.6) is 0 Å². The van der Waals surface area contributed by atoms with Gasteiger partial charge in [-0.1, -0.05) is 26.0 Å². The molecule has 1 heterocycles. The van der Waals surface area contributed by atoms with Gasteiger partial charge in [0, 0.05) is 11.1 Å². The molecule has 2 nitrogen and oxygen atoms in total. The number of aromatic nitrogens is 1. The van der Waals surface area contributed by atoms with E-state index in [1.54, 1.807) is 6.20 Å². The molecule has 1 aromatic heterocycles. The van der Waals surface area contributed by atoms with Crippen molar-refractivity contribution in [3.63, 3.8) is 0 Å². The van der Waals surface area contributed by atoms with Gasteiger partial charge in [0.05, 0.1) is 12.2 Å². The average Bonchev–Trinajstić information content (AvgIpc) is 2.46. The first-order chi connectivity index (χ1) is 9.74. The third kappa shape index (κ3) is 3.81. The highest BCUT2D eigenvalue weighted by molar-refractivity contribution is 7.99. The predicted molar refractivity (Wildman–Crippen MR) is 82.6 cm³/mol. The highest BCUT2D eigenvalue weighted by Gasteiger charge is 2.14. The average molecular weight is 290 g/mol. The predicted octanol–water partition coefficient (Wildman–Crippen LogP) is 4.03. The molecule has 4 heteroatoms. The monoisotopic (exact) mass is 290 g/mol. The van der Waals surface area contributed by atoms with E-state index in [1.807, 2.05) is 18.7 Å². The lowest BCUT2D eigenvalue weighted by Crippen LogP contribution is -2.22. The first kappa shape index (κ1) is 15.0. The first-order valence-corrected chi connectivity index (χ1v) is 7.79. The van der Waals surface area contributed by atoms with Crippen molar-refractivity contribution in [2.24, 2.45) is 0 Å². The number of hydrogen-bond donors (Lipinski definition) is 1. The Morgan fingerprint density at radius 2 is 1.90 bits per heavy atom. The van der Waals surface area contributed by atoms with Crippen LogP contribution in [-0.4, -0.2) is 17.3 Å². The van der Waals surface area contributed by atoms with E-state index in [-0.39, 0.29) is 11.9 Å². The van der Waals surface area contributed by atoms with Gasteiger partial charge in [-0.25, -0.2) is 4.39 Å². The van der Waals surface area contributed by atoms with E-state index in [0.717, 1.165) is 23.4 Å². The zero-order valence-corrected chi connectivity index (χ0v) is 12.6. The van der Waals surface area contributed by atoms with Crippen molar-refractivity contribution in [3.05, 3.63) is 59.7 Å². The second-order valence-corrected chi connectivity index (χ2v) is 5.77. The van der Waals surface area contributed by atoms with Gasteiger partial charge in [-0.15, -0.1) is 11.8 Å². The van der Waals surface area contributed by atoms with E-state index in [2.05, 4.69) is 41.5 Å². The summed E-state index contributed by atoms with van der Waals surface area (Å²) in [7, 11) is 0. The van der Waals surface area contributed by atoms with Crippen LogP contribution in [0.4, 0.5) is 4.39 Å². The van der Waals surface area contributed by atoms with Gasteiger partial charge in [0.25, 0.3) is 0 Å². The van der Waals surface area contributed by atoms with E-state index in [0.29, 0.717) is 0 Å². The summed E-state index contributed by atoms with van der Waals surface area (Å²) in [5.41, 5.74) is 1.97. The van der Waals surface area contributed by atoms with Crippen LogP contribution < -0.4 is 5.32 Å². The van der Waals surface area contributed by atoms with Crippen LogP contribution in [-0.2, 0) is 0 Å². The SMILES string of the molecule is CCNC(c1ccc(SCC)cc1)c1cncc(F)c1. The fourth-order valence-corrected chi connectivity index (χ4v) is 2.80. The van der Waals surface area contributed by atoms with Crippen LogP contribution >= 0.6 is 11.8 Å². The van der Waals surface area contributed by atoms with Crippen LogP contribution in [0.2, 0.25) is 0 Å². The third-order valence-electron chi connectivity index (χ3n) is 2.99. The van der Waals surface area contributed by atoms with Gasteiger partial charge in [-0.2, -0.15) is 0 Å². The lowest BCUT2D eigenvalue weighted by molar-refractivity contribution is 0.596. The molecule has 2 rings (SSSR count). The normalized spacial score (nSPS) is 12.3. The van der Waals surface area contributed by atoms with Gasteiger partial charge in [0.1, 0.15) is 5.82 Å². The second-order valence-electron chi connectivity index (χ2n) is 4.43. The van der Waals surface area contributed by atoms with Gasteiger partial charge < -0.3 is 5.32 Å². The number of halogens is 1. The van der Waals surface area contributed by atoms with Crippen molar-refractivity contribution < 1.29 is 4.39 Å². The minimum Gasteiger partial charge on any atom is -0.306 e. The Balaban J connectivity index is 2.28. The molecular weight excluding hydrogens is 271 g/mol. The van der Waals surface area contributed by atoms with Gasteiger partial charge >= 0.3 is 0 Å². The summed E-state index contributed by atoms with van der Waals surface area (Å²) in [5.74, 6) is 0.757. The minimum absolute atomic E-state index is 0.0242. The molecule has 0 spiro atoms. The number of benzene rings is 1. The first-order valence-electron chi connectivity index (χ1n) is 6.81. The topological polar surface area (TPSA) is 24.9 Å². The van der Waals surface area contributed by atoms with Crippen molar-refractivity contribution in [1.29, 1.82) is 0 Å². The maximum Gasteiger partial charge on any atom is 0.141 e. The third-order valence-corrected chi connectivity index (χ3v) is 3.89. The Hall–Kier alpha value is -1.39. The zero-order valence-electron chi connectivity index (χ0n) is 11.8. The van der Waals surface area contributed by atoms with Gasteiger partial charge in [0.15, 0.2) is 0 Å². The van der Waals surface area contributed by atoms with Gasteiger partial charge in [-0.05, 0) is 41.6 Å². The number of rotatable bonds is 6. The summed E-state index contributed by atoms with van der Waals surface area (Å²) in [6, 6.07) is 9.92. The maximum atomic E-state index is 13.4. The lowest BCUT2D eigenvalue weighted by atomic mass is 10.0. The van der Waals surface area contributed by atoms with E-state index in [4.69, 9.17) is 0 Å². The molecule has 0 saturated heterocycles. The van der Waals surface area contributed by atoms with E-state index < -0.39 is 0 Å². The molecule has 1 unspecified atom stereocenters. The summed E-state index contributed by atoms with van der Waals surface area (Å²) in [5, 5.41) is 3.38. The molecule has 0 aliphatic carbocycles. The summed E-state index contributed by atoms with van der Waals surface area (Å²) in [6.07, 6.45) is 2.94. The molecule has 0 fully saturated rings. The number of nitrogens with one attached hydrogen (secondary N) is 1. The molecule has 0 saturated carbocycles. The summed E-state index contributed by atoms with van der Waals surface area (Å²) < 4.78 is 13.4. The van der Waals surface area contributed by atoms with Crippen LogP contribution in [0.15, 0.2) is 47.6 Å². The number of nitrogens with zero attached hydrogens (tertiary/aromatic N) is 1. The quantitative estimate of drug-likeness (QED) is 0.813. The standard InChI is InChI=1S/C16H19FN2S/c1-3-19-16(13-9-14(17)11-18-10-13)12-5-7-15(8-6-12)20-4-2/h5-11,16,19H,3-4H2,1-2H3. The Morgan fingerprint density at radius 3 is 2.50 bits per heavy atom. The fourth-order valence-electron chi connectivity index (χ4n) is 2.14. The minimum atomic E-state index is -0.302. The number of pyridine rings is 1. The van der Waals surface area contributed by atoms with Gasteiger partial charge in [0.2, 0.25) is 0 Å². The summed E-state index contributed by atoms with van der Waals surface area (Å²) in [4.78, 5) is 5.19. The Kier molecular flexibility index (Phi) is 5.56. The summed E-state index contributed by atoms with van der Waals surface area (Å²) in [6.45, 7) is 4.99. The van der Waals surface area contributed by atoms with Crippen LogP contribution in [0.25, 0.3) is 0 Å². The lowest BCUT2D eigenvalue weighted by Gasteiger charge is -2.19. The molecule has 0 radical (unpaired) electrons. The van der Waals surface area contributed by atoms with Crippen LogP contribution in [0, 0.1) is 5.82 Å². The van der Waals surface area contributed by atoms with Crippen molar-refractivity contribution in [1.82, 2.24) is 10.3 Å². The highest BCUT2D eigenvalue weighted by atomic mass is 32.2. The van der Waals surface area contributed by atoms with Crippen molar-refractivity contribution in [2.45, 2.75) is 24.8 Å². The molecule has 0 aliphatic rings. The smallest absolute Gasteiger partial charge is 0.141 e. The molecule has 106 valence electrons. The Morgan fingerprint density at radius 1 is 1.15 bits per heavy atom. The molecule has 1 N–H and O–H groups in total. The van der Waals surface area contributed by atoms with Gasteiger partial charge in [-0.3, -0.25) is 4.98 Å². The molecule has 2 aromatic rings. The molecule has 1 atom stereocenters. The van der Waals surface area contributed by atoms with Crippen molar-refractivity contribution >= 4 is 11.8 Å². The second kappa shape index (κ2) is 7.41. The zero-order chi connectivity index (χ0) is 14.4. The van der Waals surface area contributed by atoms with E-state index >= 15 is 0 Å². The molecule has 1 aromatic carbocycles. The molecule has 20 heavy (non-hydrogen) atoms. The summed E-state index contributed by atoms with van der Waals surface area (Å²) >= 11 is 1.81. The number of thioether (sulfide) groups is 1. The molecule has 0 bridgehead atoms. The van der Waals surface area contributed by atoms with E-state index in [1.165, 1.54) is 17.2 Å². The van der Waals surface area contributed by atoms with Crippen molar-refractivity contribution in [3.8, 4) is 0 Å². The number of hydrogen-bond acceptors (Lipinski definition) is 3. The molecule has 0 aliphatic heterocycles. The molecule has 0 amide bonds. The largest absolute Gasteiger partial charge is 0.306 e. The maximum absolute atomic E-state index is 13.4. The Labute approximate surface area is 123 Å². The van der Waals surface area contributed by atoms with E-state index in [9.17, 15) is 4.39 Å². The Bertz CT molecular complexity index is 542. The highest BCUT2D eigenvalue weighted by Crippen LogP contribution is 2.25. The van der Waals surface area contributed by atoms with Crippen molar-refractivity contribution in [2.75, 3.05) is 12.3 Å². The fraction of sp³-hybridized carbons (Fsp3) is 0.312. The van der Waals surface area contributed by atoms with Crippen LogP contribution in [0.1, 0.15) is 31.0 Å². The molecular formula is C16H19FN2S.